The molecule has 0 atom stereocenters. The number of benzene rings is 2. The zero-order valence-electron chi connectivity index (χ0n) is 13.8. The van der Waals surface area contributed by atoms with Crippen molar-refractivity contribution in [2.75, 3.05) is 25.5 Å². The minimum absolute atomic E-state index is 0.0792. The lowest BCUT2D eigenvalue weighted by atomic mass is 10.2. The first-order valence-corrected chi connectivity index (χ1v) is 8.43. The summed E-state index contributed by atoms with van der Waals surface area (Å²) in [7, 11) is 1.70. The molecule has 5 nitrogen and oxygen atoms in total. The highest BCUT2D eigenvalue weighted by molar-refractivity contribution is 6.33. The van der Waals surface area contributed by atoms with Crippen LogP contribution >= 0.6 is 23.2 Å². The van der Waals surface area contributed by atoms with Gasteiger partial charge in [-0.1, -0.05) is 47.5 Å². The molecule has 0 aromatic heterocycles. The molecule has 0 fully saturated rings. The maximum atomic E-state index is 12.0. The van der Waals surface area contributed by atoms with Crippen LogP contribution in [0.3, 0.4) is 0 Å². The van der Waals surface area contributed by atoms with Crippen LogP contribution in [0.25, 0.3) is 0 Å². The molecule has 0 radical (unpaired) electrons. The summed E-state index contributed by atoms with van der Waals surface area (Å²) in [6.45, 7) is 0.575. The highest BCUT2D eigenvalue weighted by atomic mass is 35.5. The van der Waals surface area contributed by atoms with Crippen molar-refractivity contribution in [2.45, 2.75) is 6.54 Å². The Bertz CT molecular complexity index is 753. The summed E-state index contributed by atoms with van der Waals surface area (Å²) in [6, 6.07) is 14.3. The van der Waals surface area contributed by atoms with Crippen molar-refractivity contribution in [3.63, 3.8) is 0 Å². The lowest BCUT2D eigenvalue weighted by Gasteiger charge is -2.16. The van der Waals surface area contributed by atoms with Crippen LogP contribution in [-0.2, 0) is 16.1 Å². The zero-order chi connectivity index (χ0) is 18.2. The first-order valence-electron chi connectivity index (χ1n) is 7.68. The van der Waals surface area contributed by atoms with Gasteiger partial charge in [0.2, 0.25) is 11.8 Å². The molecule has 2 aromatic rings. The topological polar surface area (TPSA) is 61.4 Å². The van der Waals surface area contributed by atoms with Gasteiger partial charge in [0.1, 0.15) is 0 Å². The summed E-state index contributed by atoms with van der Waals surface area (Å²) < 4.78 is 0. The Morgan fingerprint density at radius 3 is 2.44 bits per heavy atom. The van der Waals surface area contributed by atoms with Crippen LogP contribution in [0.5, 0.6) is 0 Å². The Balaban J connectivity index is 1.75. The van der Waals surface area contributed by atoms with E-state index in [0.29, 0.717) is 22.3 Å². The zero-order valence-corrected chi connectivity index (χ0v) is 15.3. The third kappa shape index (κ3) is 6.74. The number of hydrogen-bond acceptors (Lipinski definition) is 3. The number of anilines is 1. The minimum atomic E-state index is -0.238. The number of hydrogen-bond donors (Lipinski definition) is 2. The van der Waals surface area contributed by atoms with E-state index < -0.39 is 0 Å². The van der Waals surface area contributed by atoms with E-state index in [0.717, 1.165) is 5.56 Å². The number of carbonyl (C=O) groups is 2. The molecule has 0 aliphatic heterocycles. The van der Waals surface area contributed by atoms with Gasteiger partial charge < -0.3 is 10.6 Å². The van der Waals surface area contributed by atoms with Crippen LogP contribution in [0, 0.1) is 0 Å². The van der Waals surface area contributed by atoms with Gasteiger partial charge in [-0.2, -0.15) is 0 Å². The Kier molecular flexibility index (Phi) is 7.25. The van der Waals surface area contributed by atoms with Gasteiger partial charge in [0.15, 0.2) is 0 Å². The SMILES string of the molecule is CN(CC(=O)NCc1cccc(Cl)c1)CC(=O)Nc1ccccc1Cl. The van der Waals surface area contributed by atoms with Gasteiger partial charge >= 0.3 is 0 Å². The van der Waals surface area contributed by atoms with Crippen LogP contribution in [-0.4, -0.2) is 36.9 Å². The van der Waals surface area contributed by atoms with Gasteiger partial charge in [-0.15, -0.1) is 0 Å². The summed E-state index contributed by atoms with van der Waals surface area (Å²) >= 11 is 11.9. The number of amides is 2. The van der Waals surface area contributed by atoms with E-state index in [9.17, 15) is 9.59 Å². The molecular weight excluding hydrogens is 361 g/mol. The Morgan fingerprint density at radius 2 is 1.72 bits per heavy atom. The largest absolute Gasteiger partial charge is 0.351 e. The molecule has 7 heteroatoms. The van der Waals surface area contributed by atoms with Gasteiger partial charge in [-0.25, -0.2) is 0 Å². The molecule has 0 saturated heterocycles. The predicted octanol–water partition coefficient (Wildman–Crippen LogP) is 3.18. The molecule has 2 rings (SSSR count). The van der Waals surface area contributed by atoms with Gasteiger partial charge in [-0.3, -0.25) is 14.5 Å². The third-order valence-corrected chi connectivity index (χ3v) is 3.92. The van der Waals surface area contributed by atoms with Crippen LogP contribution in [0.15, 0.2) is 48.5 Å². The molecule has 0 unspecified atom stereocenters. The van der Waals surface area contributed by atoms with Gasteiger partial charge in [0.05, 0.1) is 23.8 Å². The fraction of sp³-hybridized carbons (Fsp3) is 0.222. The van der Waals surface area contributed by atoms with Gasteiger partial charge in [0.25, 0.3) is 0 Å². The number of likely N-dealkylation sites (N-methyl/N-ethyl adjacent to an activating group) is 1. The second-order valence-corrected chi connectivity index (χ2v) is 6.45. The highest BCUT2D eigenvalue weighted by Gasteiger charge is 2.12. The van der Waals surface area contributed by atoms with Crippen molar-refractivity contribution >= 4 is 40.7 Å². The molecule has 0 heterocycles. The van der Waals surface area contributed by atoms with E-state index in [4.69, 9.17) is 23.2 Å². The monoisotopic (exact) mass is 379 g/mol. The smallest absolute Gasteiger partial charge is 0.238 e. The summed E-state index contributed by atoms with van der Waals surface area (Å²) in [4.78, 5) is 25.6. The maximum Gasteiger partial charge on any atom is 0.238 e. The van der Waals surface area contributed by atoms with E-state index >= 15 is 0 Å². The molecule has 2 amide bonds. The van der Waals surface area contributed by atoms with Crippen LogP contribution in [0.1, 0.15) is 5.56 Å². The number of para-hydroxylation sites is 1. The van der Waals surface area contributed by atoms with E-state index in [1.807, 2.05) is 12.1 Å². The third-order valence-electron chi connectivity index (χ3n) is 3.35. The first kappa shape index (κ1) is 19.2. The molecule has 0 aliphatic rings. The maximum absolute atomic E-state index is 12.0. The van der Waals surface area contributed by atoms with Crippen LogP contribution < -0.4 is 10.6 Å². The molecule has 2 N–H and O–H groups in total. The fourth-order valence-corrected chi connectivity index (χ4v) is 2.60. The van der Waals surface area contributed by atoms with Crippen molar-refractivity contribution in [1.82, 2.24) is 10.2 Å². The summed E-state index contributed by atoms with van der Waals surface area (Å²) in [5, 5.41) is 6.61. The van der Waals surface area contributed by atoms with Gasteiger partial charge in [0, 0.05) is 11.6 Å². The normalized spacial score (nSPS) is 10.6. The van der Waals surface area contributed by atoms with Gasteiger partial charge in [-0.05, 0) is 36.9 Å². The minimum Gasteiger partial charge on any atom is -0.351 e. The van der Waals surface area contributed by atoms with Crippen molar-refractivity contribution in [3.8, 4) is 0 Å². The summed E-state index contributed by atoms with van der Waals surface area (Å²) in [5.41, 5.74) is 1.47. The van der Waals surface area contributed by atoms with Crippen molar-refractivity contribution < 1.29 is 9.59 Å². The van der Waals surface area contributed by atoms with Crippen molar-refractivity contribution in [1.29, 1.82) is 0 Å². The molecule has 0 saturated carbocycles. The predicted molar refractivity (Wildman–Crippen MR) is 101 cm³/mol. The molecular formula is C18H19Cl2N3O2. The Labute approximate surface area is 156 Å². The average Bonchev–Trinajstić information content (AvgIpc) is 2.55. The number of rotatable bonds is 7. The molecule has 2 aromatic carbocycles. The molecule has 25 heavy (non-hydrogen) atoms. The molecule has 132 valence electrons. The number of halogens is 2. The van der Waals surface area contributed by atoms with Crippen LogP contribution in [0.4, 0.5) is 5.69 Å². The summed E-state index contributed by atoms with van der Waals surface area (Å²) in [6.07, 6.45) is 0. The van der Waals surface area contributed by atoms with Crippen molar-refractivity contribution in [2.24, 2.45) is 0 Å². The Morgan fingerprint density at radius 1 is 1.00 bits per heavy atom. The Hall–Kier alpha value is -2.08. The number of nitrogens with one attached hydrogen (secondary N) is 2. The lowest BCUT2D eigenvalue weighted by molar-refractivity contribution is -0.123. The molecule has 0 aliphatic carbocycles. The van der Waals surface area contributed by atoms with E-state index in [-0.39, 0.29) is 24.9 Å². The highest BCUT2D eigenvalue weighted by Crippen LogP contribution is 2.20. The number of nitrogens with zero attached hydrogens (tertiary/aromatic N) is 1. The fourth-order valence-electron chi connectivity index (χ4n) is 2.20. The standard InChI is InChI=1S/C18H19Cl2N3O2/c1-23(12-18(25)22-16-8-3-2-7-15(16)20)11-17(24)21-10-13-5-4-6-14(19)9-13/h2-9H,10-12H2,1H3,(H,21,24)(H,22,25). The summed E-state index contributed by atoms with van der Waals surface area (Å²) in [5.74, 6) is -0.411. The van der Waals surface area contributed by atoms with E-state index in [1.165, 1.54) is 0 Å². The quantitative estimate of drug-likeness (QED) is 0.776. The van der Waals surface area contributed by atoms with E-state index in [2.05, 4.69) is 10.6 Å². The average molecular weight is 380 g/mol. The molecule has 0 spiro atoms. The van der Waals surface area contributed by atoms with E-state index in [1.54, 1.807) is 48.3 Å². The van der Waals surface area contributed by atoms with Crippen molar-refractivity contribution in [3.05, 3.63) is 64.1 Å². The second kappa shape index (κ2) is 9.42. The lowest BCUT2D eigenvalue weighted by Crippen LogP contribution is -2.38. The first-order chi connectivity index (χ1) is 11.9. The van der Waals surface area contributed by atoms with Crippen LogP contribution in [0.2, 0.25) is 10.0 Å². The molecule has 0 bridgehead atoms. The number of carbonyl (C=O) groups excluding carboxylic acids is 2. The second-order valence-electron chi connectivity index (χ2n) is 5.61.